The third kappa shape index (κ3) is 4.34. The van der Waals surface area contributed by atoms with Gasteiger partial charge in [0.15, 0.2) is 0 Å². The van der Waals surface area contributed by atoms with E-state index < -0.39 is 0 Å². The van der Waals surface area contributed by atoms with Crippen LogP contribution >= 0.6 is 0 Å². The lowest BCUT2D eigenvalue weighted by Crippen LogP contribution is -2.50. The highest BCUT2D eigenvalue weighted by Crippen LogP contribution is 2.34. The molecule has 176 valence electrons. The van der Waals surface area contributed by atoms with Gasteiger partial charge in [0.25, 0.3) is 5.91 Å². The molecule has 1 amide bonds. The minimum Gasteiger partial charge on any atom is -0.336 e. The molecule has 6 heteroatoms. The SMILES string of the molecule is CC(C)N1CCN(C(=O)c2ccc3c(C4CCCNC4)cn(-c4ccc(C#N)cc4)c3c2)CC1. The molecular weight excluding hydrogens is 422 g/mol. The van der Waals surface area contributed by atoms with Crippen molar-refractivity contribution in [2.24, 2.45) is 0 Å². The van der Waals surface area contributed by atoms with Crippen molar-refractivity contribution >= 4 is 16.8 Å². The summed E-state index contributed by atoms with van der Waals surface area (Å²) in [6.45, 7) is 9.86. The molecule has 2 aromatic carbocycles. The number of amides is 1. The summed E-state index contributed by atoms with van der Waals surface area (Å²) in [5.41, 5.74) is 4.78. The predicted molar refractivity (Wildman–Crippen MR) is 135 cm³/mol. The molecule has 2 fully saturated rings. The molecule has 2 aliphatic heterocycles. The second-order valence-electron chi connectivity index (χ2n) is 9.81. The Morgan fingerprint density at radius 1 is 1.09 bits per heavy atom. The highest BCUT2D eigenvalue weighted by molar-refractivity contribution is 5.99. The third-order valence-corrected chi connectivity index (χ3v) is 7.43. The van der Waals surface area contributed by atoms with E-state index in [-0.39, 0.29) is 5.91 Å². The van der Waals surface area contributed by atoms with E-state index in [1.807, 2.05) is 35.2 Å². The number of nitriles is 1. The number of piperazine rings is 1. The summed E-state index contributed by atoms with van der Waals surface area (Å²) in [6.07, 6.45) is 4.58. The summed E-state index contributed by atoms with van der Waals surface area (Å²) in [5, 5.41) is 13.9. The molecule has 3 aromatic rings. The maximum atomic E-state index is 13.4. The zero-order chi connectivity index (χ0) is 23.7. The van der Waals surface area contributed by atoms with Gasteiger partial charge in [-0.3, -0.25) is 9.69 Å². The van der Waals surface area contributed by atoms with E-state index in [1.165, 1.54) is 23.8 Å². The first kappa shape index (κ1) is 22.6. The summed E-state index contributed by atoms with van der Waals surface area (Å²) in [6, 6.07) is 16.6. The van der Waals surface area contributed by atoms with Gasteiger partial charge in [0.2, 0.25) is 0 Å². The fourth-order valence-corrected chi connectivity index (χ4v) is 5.36. The van der Waals surface area contributed by atoms with E-state index in [2.05, 4.69) is 53.0 Å². The van der Waals surface area contributed by atoms with Crippen LogP contribution in [0.5, 0.6) is 0 Å². The number of carbonyl (C=O) groups is 1. The van der Waals surface area contributed by atoms with Gasteiger partial charge >= 0.3 is 0 Å². The second kappa shape index (κ2) is 9.61. The van der Waals surface area contributed by atoms with Crippen molar-refractivity contribution in [3.63, 3.8) is 0 Å². The lowest BCUT2D eigenvalue weighted by Gasteiger charge is -2.37. The van der Waals surface area contributed by atoms with Crippen molar-refractivity contribution in [1.29, 1.82) is 5.26 Å². The zero-order valence-corrected chi connectivity index (χ0v) is 20.1. The van der Waals surface area contributed by atoms with Crippen LogP contribution in [0.25, 0.3) is 16.6 Å². The topological polar surface area (TPSA) is 64.3 Å². The highest BCUT2D eigenvalue weighted by atomic mass is 16.2. The van der Waals surface area contributed by atoms with Gasteiger partial charge in [-0.2, -0.15) is 5.26 Å². The highest BCUT2D eigenvalue weighted by Gasteiger charge is 2.25. The van der Waals surface area contributed by atoms with Gasteiger partial charge < -0.3 is 14.8 Å². The summed E-state index contributed by atoms with van der Waals surface area (Å²) in [7, 11) is 0. The molecule has 0 aliphatic carbocycles. The minimum atomic E-state index is 0.110. The molecule has 3 heterocycles. The smallest absolute Gasteiger partial charge is 0.254 e. The molecule has 6 nitrogen and oxygen atoms in total. The molecule has 1 unspecified atom stereocenters. The van der Waals surface area contributed by atoms with Crippen LogP contribution in [0, 0.1) is 11.3 Å². The van der Waals surface area contributed by atoms with E-state index in [9.17, 15) is 10.1 Å². The number of rotatable bonds is 4. The van der Waals surface area contributed by atoms with Crippen LogP contribution in [0.2, 0.25) is 0 Å². The Balaban J connectivity index is 1.51. The van der Waals surface area contributed by atoms with Crippen LogP contribution in [0.15, 0.2) is 48.7 Å². The number of hydrogen-bond donors (Lipinski definition) is 1. The van der Waals surface area contributed by atoms with Gasteiger partial charge in [-0.05, 0) is 81.1 Å². The van der Waals surface area contributed by atoms with Crippen molar-refractivity contribution < 1.29 is 4.79 Å². The lowest BCUT2D eigenvalue weighted by atomic mass is 9.91. The van der Waals surface area contributed by atoms with Crippen LogP contribution in [-0.2, 0) is 0 Å². The summed E-state index contributed by atoms with van der Waals surface area (Å²) >= 11 is 0. The number of nitrogens with zero attached hydrogens (tertiary/aromatic N) is 4. The molecule has 0 saturated carbocycles. The first-order valence-corrected chi connectivity index (χ1v) is 12.4. The van der Waals surface area contributed by atoms with Crippen LogP contribution in [0.3, 0.4) is 0 Å². The fraction of sp³-hybridized carbons (Fsp3) is 0.429. The molecule has 0 spiro atoms. The van der Waals surface area contributed by atoms with E-state index in [0.29, 0.717) is 17.5 Å². The largest absolute Gasteiger partial charge is 0.336 e. The Labute approximate surface area is 201 Å². The second-order valence-corrected chi connectivity index (χ2v) is 9.81. The monoisotopic (exact) mass is 455 g/mol. The van der Waals surface area contributed by atoms with Crippen molar-refractivity contribution in [2.75, 3.05) is 39.3 Å². The maximum Gasteiger partial charge on any atom is 0.254 e. The van der Waals surface area contributed by atoms with Crippen molar-refractivity contribution in [1.82, 2.24) is 19.7 Å². The third-order valence-electron chi connectivity index (χ3n) is 7.43. The van der Waals surface area contributed by atoms with Gasteiger partial charge in [0, 0.05) is 61.6 Å². The number of nitrogens with one attached hydrogen (secondary N) is 1. The standard InChI is InChI=1S/C28H33N5O/c1-20(2)31-12-14-32(15-13-31)28(34)22-7-10-25-26(23-4-3-11-30-18-23)19-33(27(25)16-22)24-8-5-21(17-29)6-9-24/h5-10,16,19-20,23,30H,3-4,11-15,18H2,1-2H3. The van der Waals surface area contributed by atoms with E-state index in [0.717, 1.165) is 56.0 Å². The quantitative estimate of drug-likeness (QED) is 0.642. The number of aromatic nitrogens is 1. The molecule has 0 radical (unpaired) electrons. The first-order valence-electron chi connectivity index (χ1n) is 12.4. The molecule has 2 aliphatic rings. The number of carbonyl (C=O) groups excluding carboxylic acids is 1. The first-order chi connectivity index (χ1) is 16.5. The fourth-order valence-electron chi connectivity index (χ4n) is 5.36. The number of piperidine rings is 1. The average molecular weight is 456 g/mol. The Morgan fingerprint density at radius 3 is 2.50 bits per heavy atom. The predicted octanol–water partition coefficient (Wildman–Crippen LogP) is 4.14. The normalized spacial score (nSPS) is 19.5. The van der Waals surface area contributed by atoms with Crippen molar-refractivity contribution in [3.05, 3.63) is 65.4 Å². The van der Waals surface area contributed by atoms with Gasteiger partial charge in [-0.25, -0.2) is 0 Å². The van der Waals surface area contributed by atoms with Crippen LogP contribution in [-0.4, -0.2) is 65.6 Å². The van der Waals surface area contributed by atoms with Crippen LogP contribution < -0.4 is 5.32 Å². The van der Waals surface area contributed by atoms with Gasteiger partial charge in [-0.1, -0.05) is 6.07 Å². The molecule has 34 heavy (non-hydrogen) atoms. The summed E-state index contributed by atoms with van der Waals surface area (Å²) in [4.78, 5) is 17.8. The number of hydrogen-bond acceptors (Lipinski definition) is 4. The van der Waals surface area contributed by atoms with E-state index >= 15 is 0 Å². The minimum absolute atomic E-state index is 0.110. The maximum absolute atomic E-state index is 13.4. The number of fused-ring (bicyclic) bond motifs is 1. The van der Waals surface area contributed by atoms with Crippen molar-refractivity contribution in [3.8, 4) is 11.8 Å². The Hall–Kier alpha value is -3.14. The molecule has 1 aromatic heterocycles. The Morgan fingerprint density at radius 2 is 1.85 bits per heavy atom. The molecule has 1 N–H and O–H groups in total. The molecule has 2 saturated heterocycles. The van der Waals surface area contributed by atoms with Crippen molar-refractivity contribution in [2.45, 2.75) is 38.6 Å². The number of benzene rings is 2. The average Bonchev–Trinajstić information content (AvgIpc) is 3.28. The summed E-state index contributed by atoms with van der Waals surface area (Å²) < 4.78 is 2.19. The van der Waals surface area contributed by atoms with Gasteiger partial charge in [0.05, 0.1) is 17.1 Å². The lowest BCUT2D eigenvalue weighted by molar-refractivity contribution is 0.0595. The zero-order valence-electron chi connectivity index (χ0n) is 20.1. The molecule has 1 atom stereocenters. The van der Waals surface area contributed by atoms with Crippen LogP contribution in [0.4, 0.5) is 0 Å². The van der Waals surface area contributed by atoms with E-state index in [4.69, 9.17) is 0 Å². The molecule has 5 rings (SSSR count). The van der Waals surface area contributed by atoms with Crippen LogP contribution in [0.1, 0.15) is 54.1 Å². The Kier molecular flexibility index (Phi) is 6.40. The molecule has 0 bridgehead atoms. The van der Waals surface area contributed by atoms with Gasteiger partial charge in [0.1, 0.15) is 0 Å². The van der Waals surface area contributed by atoms with E-state index in [1.54, 1.807) is 0 Å². The summed E-state index contributed by atoms with van der Waals surface area (Å²) in [5.74, 6) is 0.570. The molecular formula is C28H33N5O. The van der Waals surface area contributed by atoms with Gasteiger partial charge in [-0.15, -0.1) is 0 Å². The Bertz CT molecular complexity index is 1210.